The summed E-state index contributed by atoms with van der Waals surface area (Å²) >= 11 is 0. The molecule has 0 spiro atoms. The third kappa shape index (κ3) is 12.3. The highest BCUT2D eigenvalue weighted by Gasteiger charge is 2.06. The molecule has 0 aromatic carbocycles. The number of nitrogens with one attached hydrogen (secondary N) is 3. The Bertz CT molecular complexity index is 309. The van der Waals surface area contributed by atoms with E-state index in [0.717, 1.165) is 6.42 Å². The fourth-order valence-electron chi connectivity index (χ4n) is 1.37. The lowest BCUT2D eigenvalue weighted by molar-refractivity contribution is -0.137. The predicted octanol–water partition coefficient (Wildman–Crippen LogP) is -0.155. The van der Waals surface area contributed by atoms with Crippen LogP contribution in [-0.4, -0.2) is 42.8 Å². The standard InChI is InChI=1S/C11H22N4O4/c1-8(2-3-9(16)17)4-5-14-11(19)15-7-6-13-10(12)18/h8H,2-7H2,1H3,(H,16,17)(H3,12,13,18)(H2,14,15,19). The van der Waals surface area contributed by atoms with E-state index in [0.29, 0.717) is 19.5 Å². The highest BCUT2D eigenvalue weighted by molar-refractivity contribution is 5.74. The van der Waals surface area contributed by atoms with Gasteiger partial charge in [-0.25, -0.2) is 9.59 Å². The van der Waals surface area contributed by atoms with Gasteiger partial charge < -0.3 is 26.8 Å². The highest BCUT2D eigenvalue weighted by atomic mass is 16.4. The monoisotopic (exact) mass is 274 g/mol. The first-order valence-corrected chi connectivity index (χ1v) is 6.18. The normalized spacial score (nSPS) is 11.4. The fraction of sp³-hybridized carbons (Fsp3) is 0.727. The minimum Gasteiger partial charge on any atom is -0.481 e. The van der Waals surface area contributed by atoms with Crippen LogP contribution in [0.25, 0.3) is 0 Å². The number of primary amides is 1. The molecule has 0 saturated carbocycles. The van der Waals surface area contributed by atoms with Gasteiger partial charge in [0, 0.05) is 26.1 Å². The Labute approximate surface area is 112 Å². The summed E-state index contributed by atoms with van der Waals surface area (Å²) in [7, 11) is 0. The Kier molecular flexibility index (Phi) is 8.94. The lowest BCUT2D eigenvalue weighted by atomic mass is 10.0. The molecule has 0 fully saturated rings. The van der Waals surface area contributed by atoms with Gasteiger partial charge >= 0.3 is 18.0 Å². The second kappa shape index (κ2) is 9.98. The summed E-state index contributed by atoms with van der Waals surface area (Å²) in [5.74, 6) is -0.563. The Morgan fingerprint density at radius 3 is 2.21 bits per heavy atom. The minimum absolute atomic E-state index is 0.145. The lowest BCUT2D eigenvalue weighted by Gasteiger charge is -2.11. The number of carboxylic acid groups (broad SMARTS) is 1. The molecule has 0 aliphatic carbocycles. The average Bonchev–Trinajstić information content (AvgIpc) is 2.32. The third-order valence-electron chi connectivity index (χ3n) is 2.48. The van der Waals surface area contributed by atoms with E-state index in [1.54, 1.807) is 0 Å². The molecule has 0 aliphatic heterocycles. The van der Waals surface area contributed by atoms with Crippen LogP contribution in [0, 0.1) is 5.92 Å². The quantitative estimate of drug-likeness (QED) is 0.374. The molecule has 0 aromatic heterocycles. The van der Waals surface area contributed by atoms with Crippen LogP contribution in [0.2, 0.25) is 0 Å². The van der Waals surface area contributed by atoms with Crippen LogP contribution in [0.1, 0.15) is 26.2 Å². The molecule has 19 heavy (non-hydrogen) atoms. The Balaban J connectivity index is 3.47. The maximum absolute atomic E-state index is 11.3. The van der Waals surface area contributed by atoms with Crippen molar-refractivity contribution >= 4 is 18.0 Å². The molecular formula is C11H22N4O4. The number of hydrogen-bond donors (Lipinski definition) is 5. The van der Waals surface area contributed by atoms with E-state index in [4.69, 9.17) is 10.8 Å². The number of rotatable bonds is 9. The van der Waals surface area contributed by atoms with Crippen molar-refractivity contribution in [2.24, 2.45) is 11.7 Å². The number of carbonyl (C=O) groups excluding carboxylic acids is 2. The van der Waals surface area contributed by atoms with E-state index in [1.165, 1.54) is 0 Å². The molecule has 0 aromatic rings. The molecule has 0 bridgehead atoms. The van der Waals surface area contributed by atoms with Crippen molar-refractivity contribution in [3.8, 4) is 0 Å². The van der Waals surface area contributed by atoms with Crippen LogP contribution >= 0.6 is 0 Å². The zero-order valence-corrected chi connectivity index (χ0v) is 11.1. The van der Waals surface area contributed by atoms with E-state index in [9.17, 15) is 14.4 Å². The Hall–Kier alpha value is -1.99. The van der Waals surface area contributed by atoms with Crippen LogP contribution in [0.5, 0.6) is 0 Å². The van der Waals surface area contributed by atoms with Gasteiger partial charge in [0.1, 0.15) is 0 Å². The molecule has 0 saturated heterocycles. The molecule has 4 amide bonds. The van der Waals surface area contributed by atoms with Gasteiger partial charge in [-0.1, -0.05) is 6.92 Å². The van der Waals surface area contributed by atoms with Gasteiger partial charge in [0.05, 0.1) is 0 Å². The molecule has 0 rings (SSSR count). The summed E-state index contributed by atoms with van der Waals surface area (Å²) < 4.78 is 0. The molecule has 1 unspecified atom stereocenters. The van der Waals surface area contributed by atoms with Gasteiger partial charge in [-0.2, -0.15) is 0 Å². The number of amides is 4. The van der Waals surface area contributed by atoms with E-state index in [1.807, 2.05) is 6.92 Å². The average molecular weight is 274 g/mol. The molecule has 1 atom stereocenters. The van der Waals surface area contributed by atoms with Gasteiger partial charge in [-0.15, -0.1) is 0 Å². The van der Waals surface area contributed by atoms with E-state index in [2.05, 4.69) is 16.0 Å². The molecule has 8 heteroatoms. The summed E-state index contributed by atoms with van der Waals surface area (Å²) in [4.78, 5) is 32.0. The Morgan fingerprint density at radius 1 is 1.05 bits per heavy atom. The zero-order chi connectivity index (χ0) is 14.7. The first-order valence-electron chi connectivity index (χ1n) is 6.18. The summed E-state index contributed by atoms with van der Waals surface area (Å²) in [6.45, 7) is 3.00. The van der Waals surface area contributed by atoms with Crippen molar-refractivity contribution < 1.29 is 19.5 Å². The molecule has 0 radical (unpaired) electrons. The third-order valence-corrected chi connectivity index (χ3v) is 2.48. The van der Waals surface area contributed by atoms with Crippen molar-refractivity contribution in [2.75, 3.05) is 19.6 Å². The number of nitrogens with two attached hydrogens (primary N) is 1. The molecule has 8 nitrogen and oxygen atoms in total. The Morgan fingerprint density at radius 2 is 1.63 bits per heavy atom. The number of hydrogen-bond acceptors (Lipinski definition) is 3. The van der Waals surface area contributed by atoms with Crippen molar-refractivity contribution in [2.45, 2.75) is 26.2 Å². The first-order chi connectivity index (χ1) is 8.91. The van der Waals surface area contributed by atoms with E-state index < -0.39 is 12.0 Å². The van der Waals surface area contributed by atoms with E-state index in [-0.39, 0.29) is 24.9 Å². The predicted molar refractivity (Wildman–Crippen MR) is 69.6 cm³/mol. The molecule has 0 aliphatic rings. The van der Waals surface area contributed by atoms with Gasteiger partial charge in [0.15, 0.2) is 0 Å². The van der Waals surface area contributed by atoms with Crippen LogP contribution in [0.4, 0.5) is 9.59 Å². The summed E-state index contributed by atoms with van der Waals surface area (Å²) in [6, 6.07) is -0.953. The van der Waals surface area contributed by atoms with Crippen LogP contribution in [0.3, 0.4) is 0 Å². The second-order valence-electron chi connectivity index (χ2n) is 4.30. The number of urea groups is 2. The highest BCUT2D eigenvalue weighted by Crippen LogP contribution is 2.08. The van der Waals surface area contributed by atoms with Gasteiger partial charge in [-0.05, 0) is 18.8 Å². The fourth-order valence-corrected chi connectivity index (χ4v) is 1.37. The van der Waals surface area contributed by atoms with Gasteiger partial charge in [0.25, 0.3) is 0 Å². The number of carbonyl (C=O) groups is 3. The SMILES string of the molecule is CC(CCNC(=O)NCCNC(N)=O)CCC(=O)O. The molecule has 0 heterocycles. The number of aliphatic carboxylic acids is 1. The molecular weight excluding hydrogens is 252 g/mol. The van der Waals surface area contributed by atoms with Crippen LogP contribution < -0.4 is 21.7 Å². The van der Waals surface area contributed by atoms with E-state index >= 15 is 0 Å². The van der Waals surface area contributed by atoms with Crippen molar-refractivity contribution in [1.82, 2.24) is 16.0 Å². The lowest BCUT2D eigenvalue weighted by Crippen LogP contribution is -2.41. The molecule has 6 N–H and O–H groups in total. The van der Waals surface area contributed by atoms with Crippen LogP contribution in [-0.2, 0) is 4.79 Å². The largest absolute Gasteiger partial charge is 0.481 e. The minimum atomic E-state index is -0.806. The van der Waals surface area contributed by atoms with Gasteiger partial charge in [0.2, 0.25) is 0 Å². The summed E-state index contributed by atoms with van der Waals surface area (Å²) in [5.41, 5.74) is 4.85. The number of carboxylic acids is 1. The van der Waals surface area contributed by atoms with Crippen molar-refractivity contribution in [3.05, 3.63) is 0 Å². The summed E-state index contributed by atoms with van der Waals surface area (Å²) in [5, 5.41) is 16.1. The zero-order valence-electron chi connectivity index (χ0n) is 11.1. The first kappa shape index (κ1) is 17.0. The topological polar surface area (TPSA) is 134 Å². The van der Waals surface area contributed by atoms with Crippen LogP contribution in [0.15, 0.2) is 0 Å². The second-order valence-corrected chi connectivity index (χ2v) is 4.30. The maximum atomic E-state index is 11.3. The van der Waals surface area contributed by atoms with Gasteiger partial charge in [-0.3, -0.25) is 4.79 Å². The summed E-state index contributed by atoms with van der Waals surface area (Å²) in [6.07, 6.45) is 1.47. The van der Waals surface area contributed by atoms with Crippen molar-refractivity contribution in [3.63, 3.8) is 0 Å². The maximum Gasteiger partial charge on any atom is 0.314 e. The molecule has 110 valence electrons. The smallest absolute Gasteiger partial charge is 0.314 e. The van der Waals surface area contributed by atoms with Crippen molar-refractivity contribution in [1.29, 1.82) is 0 Å².